The molecule has 0 saturated carbocycles. The molecule has 2 aromatic carbocycles. The Balaban J connectivity index is 2.20. The topological polar surface area (TPSA) is 76.2 Å². The van der Waals surface area contributed by atoms with Crippen LogP contribution in [0.2, 0.25) is 10.0 Å². The molecular weight excluding hydrogens is 439 g/mol. The minimum atomic E-state index is -3.72. The number of nitrogens with zero attached hydrogens (tertiary/aromatic N) is 2. The summed E-state index contributed by atoms with van der Waals surface area (Å²) in [4.78, 5) is 14.1. The van der Waals surface area contributed by atoms with E-state index in [4.69, 9.17) is 32.7 Å². The van der Waals surface area contributed by atoms with Crippen LogP contribution in [0.15, 0.2) is 36.4 Å². The Morgan fingerprint density at radius 1 is 1.00 bits per heavy atom. The summed E-state index contributed by atoms with van der Waals surface area (Å²) in [5, 5.41) is 0.490. The predicted octanol–water partition coefficient (Wildman–Crippen LogP) is 3.44. The maximum atomic E-state index is 12.7. The number of hydrogen-bond donors (Lipinski definition) is 0. The predicted molar refractivity (Wildman–Crippen MR) is 115 cm³/mol. The first-order chi connectivity index (χ1) is 13.6. The van der Waals surface area contributed by atoms with Crippen molar-refractivity contribution in [2.45, 2.75) is 6.54 Å². The molecule has 0 aromatic heterocycles. The molecule has 29 heavy (non-hydrogen) atoms. The van der Waals surface area contributed by atoms with Crippen molar-refractivity contribution in [3.8, 4) is 11.5 Å². The van der Waals surface area contributed by atoms with Gasteiger partial charge in [-0.1, -0.05) is 29.3 Å². The van der Waals surface area contributed by atoms with Crippen molar-refractivity contribution in [1.82, 2.24) is 4.90 Å². The normalized spacial score (nSPS) is 11.1. The molecule has 0 spiro atoms. The van der Waals surface area contributed by atoms with Crippen LogP contribution in [0, 0.1) is 0 Å². The molecule has 1 amide bonds. The zero-order valence-electron chi connectivity index (χ0n) is 16.5. The van der Waals surface area contributed by atoms with Crippen molar-refractivity contribution < 1.29 is 22.7 Å². The van der Waals surface area contributed by atoms with E-state index in [-0.39, 0.29) is 23.8 Å². The highest BCUT2D eigenvalue weighted by Crippen LogP contribution is 2.29. The van der Waals surface area contributed by atoms with Crippen LogP contribution in [0.25, 0.3) is 0 Å². The zero-order valence-corrected chi connectivity index (χ0v) is 18.8. The monoisotopic (exact) mass is 460 g/mol. The summed E-state index contributed by atoms with van der Waals surface area (Å²) in [6, 6.07) is 9.69. The van der Waals surface area contributed by atoms with Crippen LogP contribution >= 0.6 is 23.2 Å². The summed E-state index contributed by atoms with van der Waals surface area (Å²) in [7, 11) is 0.934. The van der Waals surface area contributed by atoms with Crippen LogP contribution in [0.4, 0.5) is 5.69 Å². The van der Waals surface area contributed by atoms with E-state index >= 15 is 0 Å². The van der Waals surface area contributed by atoms with E-state index in [1.54, 1.807) is 25.2 Å². The van der Waals surface area contributed by atoms with Gasteiger partial charge in [0.2, 0.25) is 15.9 Å². The van der Waals surface area contributed by atoms with E-state index in [0.29, 0.717) is 16.5 Å². The highest BCUT2D eigenvalue weighted by molar-refractivity contribution is 7.92. The smallest absolute Gasteiger partial charge is 0.243 e. The van der Waals surface area contributed by atoms with Crippen molar-refractivity contribution in [3.63, 3.8) is 0 Å². The van der Waals surface area contributed by atoms with E-state index in [0.717, 1.165) is 16.1 Å². The molecule has 10 heteroatoms. The first kappa shape index (κ1) is 23.1. The van der Waals surface area contributed by atoms with E-state index in [1.165, 1.54) is 37.3 Å². The molecule has 0 aliphatic heterocycles. The number of carbonyl (C=O) groups is 1. The average molecular weight is 461 g/mol. The quantitative estimate of drug-likeness (QED) is 0.602. The number of likely N-dealkylation sites (N-methyl/N-ethyl adjacent to an activating group) is 1. The van der Waals surface area contributed by atoms with Crippen LogP contribution in [0.3, 0.4) is 0 Å². The number of halogens is 2. The first-order valence-corrected chi connectivity index (χ1v) is 11.0. The fourth-order valence-corrected chi connectivity index (χ4v) is 3.76. The van der Waals surface area contributed by atoms with Crippen LogP contribution in [0.5, 0.6) is 11.5 Å². The van der Waals surface area contributed by atoms with Gasteiger partial charge in [0, 0.05) is 13.6 Å². The highest BCUT2D eigenvalue weighted by Gasteiger charge is 2.23. The van der Waals surface area contributed by atoms with Crippen LogP contribution in [-0.4, -0.2) is 53.3 Å². The van der Waals surface area contributed by atoms with Gasteiger partial charge in [-0.3, -0.25) is 9.10 Å². The first-order valence-electron chi connectivity index (χ1n) is 8.44. The van der Waals surface area contributed by atoms with Gasteiger partial charge in [-0.15, -0.1) is 0 Å². The van der Waals surface area contributed by atoms with Crippen LogP contribution < -0.4 is 13.8 Å². The zero-order chi connectivity index (χ0) is 21.8. The van der Waals surface area contributed by atoms with Gasteiger partial charge in [0.05, 0.1) is 36.2 Å². The van der Waals surface area contributed by atoms with E-state index < -0.39 is 15.9 Å². The van der Waals surface area contributed by atoms with E-state index in [1.807, 2.05) is 0 Å². The molecule has 0 unspecified atom stereocenters. The summed E-state index contributed by atoms with van der Waals surface area (Å²) in [5.74, 6) is 0.726. The second-order valence-corrected chi connectivity index (χ2v) is 9.03. The molecule has 7 nitrogen and oxygen atoms in total. The number of anilines is 1. The number of ether oxygens (including phenoxy) is 2. The third kappa shape index (κ3) is 5.91. The molecular formula is C19H22Cl2N2O5S. The molecule has 158 valence electrons. The number of benzene rings is 2. The maximum Gasteiger partial charge on any atom is 0.243 e. The molecule has 0 atom stereocenters. The van der Waals surface area contributed by atoms with Gasteiger partial charge >= 0.3 is 0 Å². The summed E-state index contributed by atoms with van der Waals surface area (Å²) in [6.07, 6.45) is 1.02. The molecule has 0 bridgehead atoms. The molecule has 0 heterocycles. The molecule has 2 rings (SSSR count). The van der Waals surface area contributed by atoms with Gasteiger partial charge < -0.3 is 14.4 Å². The van der Waals surface area contributed by atoms with Gasteiger partial charge in [0.25, 0.3) is 0 Å². The summed E-state index contributed by atoms with van der Waals surface area (Å²) >= 11 is 11.9. The average Bonchev–Trinajstić information content (AvgIpc) is 2.67. The number of sulfonamides is 1. The van der Waals surface area contributed by atoms with Gasteiger partial charge in [0.15, 0.2) is 11.5 Å². The number of hydrogen-bond acceptors (Lipinski definition) is 5. The summed E-state index contributed by atoms with van der Waals surface area (Å²) in [5.41, 5.74) is 1.06. The van der Waals surface area contributed by atoms with E-state index in [2.05, 4.69) is 0 Å². The van der Waals surface area contributed by atoms with Crippen molar-refractivity contribution in [3.05, 3.63) is 52.0 Å². The lowest BCUT2D eigenvalue weighted by Crippen LogP contribution is -2.41. The molecule has 0 radical (unpaired) electrons. The second kappa shape index (κ2) is 9.56. The minimum absolute atomic E-state index is 0.198. The third-order valence-corrected chi connectivity index (χ3v) is 6.04. The van der Waals surface area contributed by atoms with Crippen LogP contribution in [0.1, 0.15) is 5.56 Å². The van der Waals surface area contributed by atoms with E-state index in [9.17, 15) is 13.2 Å². The largest absolute Gasteiger partial charge is 0.493 e. The molecule has 0 aliphatic rings. The van der Waals surface area contributed by atoms with Gasteiger partial charge in [-0.2, -0.15) is 0 Å². The Morgan fingerprint density at radius 2 is 1.66 bits per heavy atom. The minimum Gasteiger partial charge on any atom is -0.493 e. The Hall–Kier alpha value is -2.16. The number of amides is 1. The molecule has 2 aromatic rings. The highest BCUT2D eigenvalue weighted by atomic mass is 35.5. The SMILES string of the molecule is COc1ccc(CN(C)C(=O)CN(c2ccc(Cl)c(Cl)c2)S(C)(=O)=O)cc1OC. The van der Waals surface area contributed by atoms with Gasteiger partial charge in [-0.05, 0) is 35.9 Å². The molecule has 0 fully saturated rings. The number of rotatable bonds is 8. The Bertz CT molecular complexity index is 998. The fraction of sp³-hybridized carbons (Fsp3) is 0.316. The lowest BCUT2D eigenvalue weighted by molar-refractivity contribution is -0.128. The lowest BCUT2D eigenvalue weighted by atomic mass is 10.2. The van der Waals surface area contributed by atoms with Crippen molar-refractivity contribution >= 4 is 44.8 Å². The fourth-order valence-electron chi connectivity index (χ4n) is 2.62. The Labute approximate surface area is 180 Å². The molecule has 0 aliphatic carbocycles. The molecule has 0 saturated heterocycles. The number of carbonyl (C=O) groups excluding carboxylic acids is 1. The lowest BCUT2D eigenvalue weighted by Gasteiger charge is -2.25. The van der Waals surface area contributed by atoms with Crippen molar-refractivity contribution in [2.75, 3.05) is 38.4 Å². The second-order valence-electron chi connectivity index (χ2n) is 6.31. The standard InChI is InChI=1S/C19H22Cl2N2O5S/c1-22(11-13-5-8-17(27-2)18(9-13)28-3)19(24)12-23(29(4,25)26)14-6-7-15(20)16(21)10-14/h5-10H,11-12H2,1-4H3. The Kier molecular flexibility index (Phi) is 7.62. The third-order valence-electron chi connectivity index (χ3n) is 4.16. The number of methoxy groups -OCH3 is 2. The Morgan fingerprint density at radius 3 is 2.21 bits per heavy atom. The summed E-state index contributed by atoms with van der Waals surface area (Å²) in [6.45, 7) is -0.112. The van der Waals surface area contributed by atoms with Gasteiger partial charge in [-0.25, -0.2) is 8.42 Å². The molecule has 0 N–H and O–H groups in total. The van der Waals surface area contributed by atoms with Gasteiger partial charge in [0.1, 0.15) is 6.54 Å². The maximum absolute atomic E-state index is 12.7. The summed E-state index contributed by atoms with van der Waals surface area (Å²) < 4.78 is 36.0. The van der Waals surface area contributed by atoms with Crippen molar-refractivity contribution in [2.24, 2.45) is 0 Å². The van der Waals surface area contributed by atoms with Crippen molar-refractivity contribution in [1.29, 1.82) is 0 Å². The van der Waals surface area contributed by atoms with Crippen LogP contribution in [-0.2, 0) is 21.4 Å².